The van der Waals surface area contributed by atoms with Crippen molar-refractivity contribution < 1.29 is 14.3 Å². The summed E-state index contributed by atoms with van der Waals surface area (Å²) >= 11 is 0. The highest BCUT2D eigenvalue weighted by molar-refractivity contribution is 6.04. The van der Waals surface area contributed by atoms with Crippen molar-refractivity contribution in [3.8, 4) is 5.75 Å². The van der Waals surface area contributed by atoms with Gasteiger partial charge < -0.3 is 15.4 Å². The third kappa shape index (κ3) is 7.94. The zero-order valence-corrected chi connectivity index (χ0v) is 23.2. The molecule has 0 radical (unpaired) electrons. The predicted octanol–water partition coefficient (Wildman–Crippen LogP) is 7.68. The van der Waals surface area contributed by atoms with E-state index < -0.39 is 5.41 Å². The van der Waals surface area contributed by atoms with Gasteiger partial charge in [0.2, 0.25) is 5.91 Å². The van der Waals surface area contributed by atoms with E-state index in [2.05, 4.69) is 43.5 Å². The van der Waals surface area contributed by atoms with Crippen LogP contribution in [0, 0.1) is 19.3 Å². The minimum atomic E-state index is -0.545. The molecule has 0 heterocycles. The van der Waals surface area contributed by atoms with Crippen molar-refractivity contribution in [3.63, 3.8) is 0 Å². The molecule has 0 atom stereocenters. The Labute approximate surface area is 221 Å². The second kappa shape index (κ2) is 11.6. The highest BCUT2D eigenvalue weighted by Crippen LogP contribution is 2.27. The molecule has 0 aliphatic heterocycles. The van der Waals surface area contributed by atoms with Crippen molar-refractivity contribution in [3.05, 3.63) is 89.0 Å². The van der Waals surface area contributed by atoms with Crippen LogP contribution in [0.4, 0.5) is 11.4 Å². The number of hydrogen-bond acceptors (Lipinski definition) is 3. The van der Waals surface area contributed by atoms with Crippen LogP contribution in [-0.4, -0.2) is 18.4 Å². The number of rotatable bonds is 9. The van der Waals surface area contributed by atoms with Crippen molar-refractivity contribution in [2.24, 2.45) is 5.41 Å². The third-order valence-corrected chi connectivity index (χ3v) is 6.58. The lowest BCUT2D eigenvalue weighted by Gasteiger charge is -2.24. The van der Waals surface area contributed by atoms with E-state index in [1.54, 1.807) is 24.3 Å². The fourth-order valence-electron chi connectivity index (χ4n) is 3.93. The molecule has 2 N–H and O–H groups in total. The molecule has 0 spiro atoms. The Morgan fingerprint density at radius 2 is 1.38 bits per heavy atom. The van der Waals surface area contributed by atoms with E-state index in [1.807, 2.05) is 58.0 Å². The number of hydrogen-bond donors (Lipinski definition) is 2. The Morgan fingerprint density at radius 3 is 1.97 bits per heavy atom. The summed E-state index contributed by atoms with van der Waals surface area (Å²) in [4.78, 5) is 25.6. The van der Waals surface area contributed by atoms with Gasteiger partial charge in [-0.2, -0.15) is 0 Å². The predicted molar refractivity (Wildman–Crippen MR) is 153 cm³/mol. The van der Waals surface area contributed by atoms with Gasteiger partial charge in [-0.15, -0.1) is 0 Å². The summed E-state index contributed by atoms with van der Waals surface area (Å²) in [6.07, 6.45) is 1.47. The molecule has 3 aromatic rings. The first-order valence-corrected chi connectivity index (χ1v) is 12.9. The molecular formula is C32H40N2O3. The molecule has 0 aromatic heterocycles. The van der Waals surface area contributed by atoms with Gasteiger partial charge in [-0.05, 0) is 91.3 Å². The number of ether oxygens (including phenoxy) is 1. The van der Waals surface area contributed by atoms with Crippen LogP contribution >= 0.6 is 0 Å². The lowest BCUT2D eigenvalue weighted by atomic mass is 9.86. The second-order valence-corrected chi connectivity index (χ2v) is 11.4. The van der Waals surface area contributed by atoms with Gasteiger partial charge in [-0.1, -0.05) is 58.9 Å². The Bertz CT molecular complexity index is 1220. The number of amides is 2. The Kier molecular flexibility index (Phi) is 8.80. The van der Waals surface area contributed by atoms with Gasteiger partial charge in [0.15, 0.2) is 0 Å². The lowest BCUT2D eigenvalue weighted by Crippen LogP contribution is -2.31. The van der Waals surface area contributed by atoms with Gasteiger partial charge in [0.25, 0.3) is 5.91 Å². The van der Waals surface area contributed by atoms with Crippen LogP contribution in [0.5, 0.6) is 5.75 Å². The van der Waals surface area contributed by atoms with Crippen molar-refractivity contribution in [2.75, 3.05) is 17.2 Å². The van der Waals surface area contributed by atoms with Crippen molar-refractivity contribution in [2.45, 2.75) is 66.7 Å². The minimum absolute atomic E-state index is 0.0398. The smallest absolute Gasteiger partial charge is 0.255 e. The van der Waals surface area contributed by atoms with Crippen LogP contribution in [0.15, 0.2) is 66.7 Å². The van der Waals surface area contributed by atoms with Crippen LogP contribution in [0.1, 0.15) is 74.5 Å². The minimum Gasteiger partial charge on any atom is -0.493 e. The number of aryl methyl sites for hydroxylation is 2. The first-order chi connectivity index (χ1) is 17.3. The van der Waals surface area contributed by atoms with E-state index in [4.69, 9.17) is 4.74 Å². The molecular weight excluding hydrogens is 460 g/mol. The zero-order valence-electron chi connectivity index (χ0n) is 23.2. The fraction of sp³-hybridized carbons (Fsp3) is 0.375. The standard InChI is InChI=1S/C32H40N2O3/c1-22-9-10-23(2)28(21-22)37-20-8-19-32(6,7)30(36)34-27-17-15-26(16-18-27)33-29(35)24-11-13-25(14-12-24)31(3,4)5/h9-18,21H,8,19-20H2,1-7H3,(H,33,35)(H,34,36). The van der Waals surface area contributed by atoms with E-state index in [0.29, 0.717) is 30.0 Å². The molecule has 0 fully saturated rings. The van der Waals surface area contributed by atoms with Crippen LogP contribution in [0.25, 0.3) is 0 Å². The van der Waals surface area contributed by atoms with E-state index in [0.717, 1.165) is 17.7 Å². The van der Waals surface area contributed by atoms with E-state index >= 15 is 0 Å². The van der Waals surface area contributed by atoms with Crippen molar-refractivity contribution >= 4 is 23.2 Å². The van der Waals surface area contributed by atoms with Crippen molar-refractivity contribution in [1.82, 2.24) is 0 Å². The molecule has 0 aliphatic carbocycles. The number of nitrogens with one attached hydrogen (secondary N) is 2. The summed E-state index contributed by atoms with van der Waals surface area (Å²) < 4.78 is 5.94. The van der Waals surface area contributed by atoms with E-state index in [1.165, 1.54) is 11.1 Å². The molecule has 3 rings (SSSR count). The molecule has 196 valence electrons. The monoisotopic (exact) mass is 500 g/mol. The average molecular weight is 501 g/mol. The molecule has 2 amide bonds. The van der Waals surface area contributed by atoms with Gasteiger partial charge in [0.1, 0.15) is 5.75 Å². The zero-order chi connectivity index (χ0) is 27.2. The van der Waals surface area contributed by atoms with Crippen LogP contribution in [0.3, 0.4) is 0 Å². The number of carbonyl (C=O) groups excluding carboxylic acids is 2. The van der Waals surface area contributed by atoms with Gasteiger partial charge in [-0.25, -0.2) is 0 Å². The summed E-state index contributed by atoms with van der Waals surface area (Å²) in [6.45, 7) is 15.0. The first kappa shape index (κ1) is 28.0. The molecule has 0 unspecified atom stereocenters. The summed E-state index contributed by atoms with van der Waals surface area (Å²) in [5.74, 6) is 0.688. The quantitative estimate of drug-likeness (QED) is 0.296. The van der Waals surface area contributed by atoms with E-state index in [-0.39, 0.29) is 17.2 Å². The van der Waals surface area contributed by atoms with Gasteiger partial charge in [-0.3, -0.25) is 9.59 Å². The van der Waals surface area contributed by atoms with Gasteiger partial charge >= 0.3 is 0 Å². The van der Waals surface area contributed by atoms with Crippen LogP contribution < -0.4 is 15.4 Å². The summed E-state index contributed by atoms with van der Waals surface area (Å²) in [5.41, 5.74) is 4.92. The Morgan fingerprint density at radius 1 is 0.784 bits per heavy atom. The largest absolute Gasteiger partial charge is 0.493 e. The maximum atomic E-state index is 12.9. The Balaban J connectivity index is 1.49. The normalized spacial score (nSPS) is 11.6. The summed E-state index contributed by atoms with van der Waals surface area (Å²) in [6, 6.07) is 21.0. The lowest BCUT2D eigenvalue weighted by molar-refractivity contribution is -0.124. The Hall–Kier alpha value is -3.60. The molecule has 5 nitrogen and oxygen atoms in total. The molecule has 3 aromatic carbocycles. The van der Waals surface area contributed by atoms with Gasteiger partial charge in [0, 0.05) is 22.4 Å². The summed E-state index contributed by atoms with van der Waals surface area (Å²) in [7, 11) is 0. The van der Waals surface area contributed by atoms with Crippen molar-refractivity contribution in [1.29, 1.82) is 0 Å². The molecule has 0 aliphatic rings. The van der Waals surface area contributed by atoms with E-state index in [9.17, 15) is 9.59 Å². The second-order valence-electron chi connectivity index (χ2n) is 11.4. The number of anilines is 2. The fourth-order valence-corrected chi connectivity index (χ4v) is 3.93. The highest BCUT2D eigenvalue weighted by Gasteiger charge is 2.27. The molecule has 37 heavy (non-hydrogen) atoms. The van der Waals surface area contributed by atoms with Gasteiger partial charge in [0.05, 0.1) is 6.61 Å². The maximum Gasteiger partial charge on any atom is 0.255 e. The summed E-state index contributed by atoms with van der Waals surface area (Å²) in [5, 5.41) is 5.91. The van der Waals surface area contributed by atoms with Crippen LogP contribution in [-0.2, 0) is 10.2 Å². The third-order valence-electron chi connectivity index (χ3n) is 6.58. The molecule has 0 saturated heterocycles. The topological polar surface area (TPSA) is 67.4 Å². The number of benzene rings is 3. The average Bonchev–Trinajstić information content (AvgIpc) is 2.84. The maximum absolute atomic E-state index is 12.9. The molecule has 5 heteroatoms. The highest BCUT2D eigenvalue weighted by atomic mass is 16.5. The van der Waals surface area contributed by atoms with Crippen LogP contribution in [0.2, 0.25) is 0 Å². The SMILES string of the molecule is Cc1ccc(C)c(OCCCC(C)(C)C(=O)Nc2ccc(NC(=O)c3ccc(C(C)(C)C)cc3)cc2)c1. The molecule has 0 bridgehead atoms. The molecule has 0 saturated carbocycles. The number of carbonyl (C=O) groups is 2. The first-order valence-electron chi connectivity index (χ1n) is 12.9.